The average Bonchev–Trinajstić information content (AvgIpc) is 3.27. The standard InChI is InChI=1S/C19H19N5O4/c1-19(2,3)16-11(21-8-22-16)6-13-18(26)23-12(17(25)24-13)4-10-5-14-15(7-20-10)28-9-27-14/h4-8H,9H2,1-3H3,(H,21,22)(H,23,26)(H,24,25). The van der Waals surface area contributed by atoms with Gasteiger partial charge in [-0.05, 0) is 12.2 Å². The van der Waals surface area contributed by atoms with Gasteiger partial charge in [-0.1, -0.05) is 20.8 Å². The number of fused-ring (bicyclic) bond motifs is 1. The van der Waals surface area contributed by atoms with E-state index in [0.717, 1.165) is 5.69 Å². The molecule has 0 saturated heterocycles. The van der Waals surface area contributed by atoms with Gasteiger partial charge in [0.2, 0.25) is 6.79 Å². The highest BCUT2D eigenvalue weighted by atomic mass is 16.7. The van der Waals surface area contributed by atoms with Gasteiger partial charge in [0.25, 0.3) is 11.1 Å². The summed E-state index contributed by atoms with van der Waals surface area (Å²) >= 11 is 0. The third-order valence-electron chi connectivity index (χ3n) is 4.26. The number of imidazole rings is 1. The number of ether oxygens (including phenoxy) is 2. The van der Waals surface area contributed by atoms with Crippen LogP contribution >= 0.6 is 0 Å². The lowest BCUT2D eigenvalue weighted by Crippen LogP contribution is -2.46. The van der Waals surface area contributed by atoms with Crippen LogP contribution in [0.2, 0.25) is 0 Å². The zero-order chi connectivity index (χ0) is 19.9. The molecule has 0 radical (unpaired) electrons. The minimum atomic E-state index is -0.446. The van der Waals surface area contributed by atoms with Crippen molar-refractivity contribution in [1.82, 2.24) is 24.9 Å². The summed E-state index contributed by atoms with van der Waals surface area (Å²) in [5.74, 6) is 1.08. The first-order chi connectivity index (χ1) is 13.3. The highest BCUT2D eigenvalue weighted by molar-refractivity contribution is 5.51. The number of hydrogen-bond acceptors (Lipinski definition) is 6. The number of aromatic amines is 3. The smallest absolute Gasteiger partial charge is 0.272 e. The van der Waals surface area contributed by atoms with Crippen molar-refractivity contribution in [3.8, 4) is 11.5 Å². The Morgan fingerprint density at radius 3 is 2.39 bits per heavy atom. The number of nitrogens with one attached hydrogen (secondary N) is 3. The number of hydrogen-bond donors (Lipinski definition) is 3. The van der Waals surface area contributed by atoms with E-state index in [1.165, 1.54) is 12.3 Å². The zero-order valence-electron chi connectivity index (χ0n) is 15.6. The normalized spacial score (nSPS) is 14.7. The summed E-state index contributed by atoms with van der Waals surface area (Å²) in [6, 6.07) is 1.64. The molecule has 4 rings (SSSR count). The predicted molar refractivity (Wildman–Crippen MR) is 102 cm³/mol. The Hall–Kier alpha value is -3.62. The molecule has 3 aromatic rings. The molecule has 0 aliphatic carbocycles. The summed E-state index contributed by atoms with van der Waals surface area (Å²) in [4.78, 5) is 41.6. The summed E-state index contributed by atoms with van der Waals surface area (Å²) in [6.07, 6.45) is 6.10. The second-order valence-corrected chi connectivity index (χ2v) is 7.40. The lowest BCUT2D eigenvalue weighted by molar-refractivity contribution is 0.174. The second-order valence-electron chi connectivity index (χ2n) is 7.40. The van der Waals surface area contributed by atoms with Crippen LogP contribution in [0, 0.1) is 0 Å². The molecule has 0 unspecified atom stereocenters. The largest absolute Gasteiger partial charge is 0.453 e. The molecule has 0 amide bonds. The monoisotopic (exact) mass is 381 g/mol. The van der Waals surface area contributed by atoms with Crippen molar-refractivity contribution in [1.29, 1.82) is 0 Å². The summed E-state index contributed by atoms with van der Waals surface area (Å²) in [7, 11) is 0. The van der Waals surface area contributed by atoms with Gasteiger partial charge < -0.3 is 24.4 Å². The van der Waals surface area contributed by atoms with Gasteiger partial charge in [-0.3, -0.25) is 14.6 Å². The van der Waals surface area contributed by atoms with Crippen molar-refractivity contribution in [2.24, 2.45) is 0 Å². The molecule has 0 spiro atoms. The Balaban J connectivity index is 1.79. The summed E-state index contributed by atoms with van der Waals surface area (Å²) in [5, 5.41) is 0.213. The van der Waals surface area contributed by atoms with E-state index >= 15 is 0 Å². The van der Waals surface area contributed by atoms with Crippen molar-refractivity contribution in [2.75, 3.05) is 6.79 Å². The topological polar surface area (TPSA) is 126 Å². The molecular formula is C19H19N5O4. The van der Waals surface area contributed by atoms with E-state index < -0.39 is 11.1 Å². The molecule has 1 aliphatic rings. The molecule has 1 aliphatic heterocycles. The number of aromatic nitrogens is 5. The summed E-state index contributed by atoms with van der Waals surface area (Å²) in [5.41, 5.74) is 0.863. The van der Waals surface area contributed by atoms with Crippen LogP contribution < -0.4 is 31.3 Å². The highest BCUT2D eigenvalue weighted by Gasteiger charge is 2.19. The molecule has 9 nitrogen and oxygen atoms in total. The van der Waals surface area contributed by atoms with Gasteiger partial charge in [0, 0.05) is 17.2 Å². The first-order valence-electron chi connectivity index (χ1n) is 8.67. The van der Waals surface area contributed by atoms with Crippen LogP contribution in [-0.4, -0.2) is 31.7 Å². The molecule has 28 heavy (non-hydrogen) atoms. The first-order valence-corrected chi connectivity index (χ1v) is 8.67. The molecule has 0 aromatic carbocycles. The Labute approximate surface area is 158 Å². The fourth-order valence-corrected chi connectivity index (χ4v) is 2.89. The van der Waals surface area contributed by atoms with Gasteiger partial charge in [-0.15, -0.1) is 0 Å². The Morgan fingerprint density at radius 1 is 1.00 bits per heavy atom. The van der Waals surface area contributed by atoms with Crippen molar-refractivity contribution >= 4 is 12.2 Å². The quantitative estimate of drug-likeness (QED) is 0.568. The van der Waals surface area contributed by atoms with Crippen LogP contribution in [0.3, 0.4) is 0 Å². The van der Waals surface area contributed by atoms with Crippen molar-refractivity contribution in [3.05, 3.63) is 67.1 Å². The molecule has 3 aromatic heterocycles. The van der Waals surface area contributed by atoms with Gasteiger partial charge in [-0.25, -0.2) is 4.98 Å². The van der Waals surface area contributed by atoms with E-state index in [0.29, 0.717) is 22.9 Å². The SMILES string of the molecule is CC(C)(C)c1[nH]cnc1C=c1[nH]c(=O)c(=Cc2cc3c(cn2)OCO3)[nH]c1=O. The van der Waals surface area contributed by atoms with Crippen LogP contribution in [0.5, 0.6) is 11.5 Å². The van der Waals surface area contributed by atoms with Gasteiger partial charge in [0.1, 0.15) is 10.7 Å². The molecular weight excluding hydrogens is 362 g/mol. The molecule has 4 heterocycles. The van der Waals surface area contributed by atoms with Gasteiger partial charge in [0.05, 0.1) is 23.9 Å². The van der Waals surface area contributed by atoms with Crippen molar-refractivity contribution in [3.63, 3.8) is 0 Å². The van der Waals surface area contributed by atoms with E-state index in [2.05, 4.69) is 24.9 Å². The molecule has 9 heteroatoms. The van der Waals surface area contributed by atoms with Crippen LogP contribution in [0.1, 0.15) is 37.9 Å². The molecule has 0 fully saturated rings. The number of nitrogens with zero attached hydrogens (tertiary/aromatic N) is 2. The van der Waals surface area contributed by atoms with Crippen LogP contribution in [0.15, 0.2) is 28.2 Å². The molecule has 0 atom stereocenters. The maximum absolute atomic E-state index is 12.5. The van der Waals surface area contributed by atoms with E-state index in [9.17, 15) is 9.59 Å². The minimum absolute atomic E-state index is 0.0894. The maximum atomic E-state index is 12.5. The molecule has 0 bridgehead atoms. The zero-order valence-corrected chi connectivity index (χ0v) is 15.6. The number of pyridine rings is 1. The predicted octanol–water partition coefficient (Wildman–Crippen LogP) is -0.135. The molecule has 144 valence electrons. The highest BCUT2D eigenvalue weighted by Crippen LogP contribution is 2.31. The van der Waals surface area contributed by atoms with Crippen LogP contribution in [0.4, 0.5) is 0 Å². The van der Waals surface area contributed by atoms with Gasteiger partial charge in [-0.2, -0.15) is 0 Å². The van der Waals surface area contributed by atoms with Crippen molar-refractivity contribution < 1.29 is 9.47 Å². The Morgan fingerprint density at radius 2 is 1.68 bits per heavy atom. The summed E-state index contributed by atoms with van der Waals surface area (Å²) < 4.78 is 10.5. The maximum Gasteiger partial charge on any atom is 0.272 e. The van der Waals surface area contributed by atoms with E-state index in [-0.39, 0.29) is 22.9 Å². The Bertz CT molecular complexity index is 1280. The van der Waals surface area contributed by atoms with E-state index in [1.807, 2.05) is 20.8 Å². The Kier molecular flexibility index (Phi) is 4.14. The fraction of sp³-hybridized carbons (Fsp3) is 0.263. The van der Waals surface area contributed by atoms with Crippen LogP contribution in [0.25, 0.3) is 12.2 Å². The summed E-state index contributed by atoms with van der Waals surface area (Å²) in [6.45, 7) is 6.22. The molecule has 0 saturated carbocycles. The molecule has 3 N–H and O–H groups in total. The van der Waals surface area contributed by atoms with E-state index in [1.54, 1.807) is 18.5 Å². The third kappa shape index (κ3) is 3.34. The average molecular weight is 381 g/mol. The number of H-pyrrole nitrogens is 3. The lowest BCUT2D eigenvalue weighted by Gasteiger charge is -2.16. The third-order valence-corrected chi connectivity index (χ3v) is 4.26. The first kappa shape index (κ1) is 17.8. The minimum Gasteiger partial charge on any atom is -0.453 e. The van der Waals surface area contributed by atoms with Gasteiger partial charge >= 0.3 is 0 Å². The fourth-order valence-electron chi connectivity index (χ4n) is 2.89. The lowest BCUT2D eigenvalue weighted by atomic mass is 9.90. The number of rotatable bonds is 2. The van der Waals surface area contributed by atoms with Crippen molar-refractivity contribution in [2.45, 2.75) is 26.2 Å². The van der Waals surface area contributed by atoms with E-state index in [4.69, 9.17) is 9.47 Å². The van der Waals surface area contributed by atoms with Crippen LogP contribution in [-0.2, 0) is 5.41 Å². The van der Waals surface area contributed by atoms with Gasteiger partial charge in [0.15, 0.2) is 11.5 Å². The second kappa shape index (κ2) is 6.52.